The van der Waals surface area contributed by atoms with Crippen LogP contribution in [0.4, 0.5) is 0 Å². The van der Waals surface area contributed by atoms with E-state index < -0.39 is 0 Å². The van der Waals surface area contributed by atoms with Gasteiger partial charge in [-0.05, 0) is 42.0 Å². The summed E-state index contributed by atoms with van der Waals surface area (Å²) in [4.78, 5) is 2.61. The van der Waals surface area contributed by atoms with Crippen molar-refractivity contribution in [1.29, 1.82) is 0 Å². The lowest BCUT2D eigenvalue weighted by atomic mass is 9.85. The average molecular weight is 244 g/mol. The van der Waals surface area contributed by atoms with Gasteiger partial charge < -0.3 is 5.32 Å². The molecule has 1 N–H and O–H groups in total. The zero-order valence-electron chi connectivity index (χ0n) is 11.4. The summed E-state index contributed by atoms with van der Waals surface area (Å²) < 4.78 is 0. The van der Waals surface area contributed by atoms with E-state index in [0.717, 1.165) is 25.6 Å². The summed E-state index contributed by atoms with van der Waals surface area (Å²) in [5.74, 6) is 0.973. The highest BCUT2D eigenvalue weighted by atomic mass is 15.1. The number of hydrogen-bond donors (Lipinski definition) is 1. The second-order valence-corrected chi connectivity index (χ2v) is 5.83. The number of rotatable bonds is 5. The molecule has 2 nitrogen and oxygen atoms in total. The maximum absolute atomic E-state index is 3.42. The molecule has 0 amide bonds. The molecule has 0 bridgehead atoms. The molecule has 0 spiro atoms. The van der Waals surface area contributed by atoms with E-state index in [1.807, 2.05) is 0 Å². The van der Waals surface area contributed by atoms with Gasteiger partial charge in [0, 0.05) is 26.2 Å². The van der Waals surface area contributed by atoms with Gasteiger partial charge in [0.25, 0.3) is 0 Å². The number of benzene rings is 1. The van der Waals surface area contributed by atoms with Crippen LogP contribution in [0.1, 0.15) is 42.9 Å². The Kier molecular flexibility index (Phi) is 3.67. The molecule has 18 heavy (non-hydrogen) atoms. The van der Waals surface area contributed by atoms with Gasteiger partial charge in [-0.1, -0.05) is 31.5 Å². The van der Waals surface area contributed by atoms with Crippen LogP contribution in [0.5, 0.6) is 0 Å². The number of hydrogen-bond acceptors (Lipinski definition) is 2. The SMILES string of the molecule is CCN(Cc1ccc2c(c1)CNC2)CC1CCC1. The Morgan fingerprint density at radius 1 is 1.22 bits per heavy atom. The molecular formula is C16H24N2. The van der Waals surface area contributed by atoms with Crippen LogP contribution in [-0.2, 0) is 19.6 Å². The highest BCUT2D eigenvalue weighted by molar-refractivity contribution is 5.34. The van der Waals surface area contributed by atoms with Crippen molar-refractivity contribution in [2.75, 3.05) is 13.1 Å². The largest absolute Gasteiger partial charge is 0.309 e. The summed E-state index contributed by atoms with van der Waals surface area (Å²) in [5.41, 5.74) is 4.48. The smallest absolute Gasteiger partial charge is 0.0233 e. The fraction of sp³-hybridized carbons (Fsp3) is 0.625. The van der Waals surface area contributed by atoms with Gasteiger partial charge in [-0.25, -0.2) is 0 Å². The number of nitrogens with zero attached hydrogens (tertiary/aromatic N) is 1. The molecule has 1 aliphatic carbocycles. The molecule has 2 aliphatic rings. The Hall–Kier alpha value is -0.860. The van der Waals surface area contributed by atoms with E-state index in [2.05, 4.69) is 35.3 Å². The lowest BCUT2D eigenvalue weighted by Gasteiger charge is -2.31. The van der Waals surface area contributed by atoms with Crippen LogP contribution in [0.2, 0.25) is 0 Å². The minimum atomic E-state index is 0.973. The Labute approximate surface area is 110 Å². The van der Waals surface area contributed by atoms with Crippen molar-refractivity contribution >= 4 is 0 Å². The summed E-state index contributed by atoms with van der Waals surface area (Å²) in [7, 11) is 0. The van der Waals surface area contributed by atoms with Gasteiger partial charge >= 0.3 is 0 Å². The zero-order valence-corrected chi connectivity index (χ0v) is 11.4. The van der Waals surface area contributed by atoms with Crippen molar-refractivity contribution in [3.8, 4) is 0 Å². The molecular weight excluding hydrogens is 220 g/mol. The van der Waals surface area contributed by atoms with Gasteiger partial charge in [-0.3, -0.25) is 4.90 Å². The standard InChI is InChI=1S/C16H24N2/c1-2-18(11-13-4-3-5-13)12-14-6-7-15-9-17-10-16(15)8-14/h6-8,13,17H,2-5,9-12H2,1H3. The molecule has 0 atom stereocenters. The third kappa shape index (κ3) is 2.60. The second kappa shape index (κ2) is 5.41. The zero-order chi connectivity index (χ0) is 12.4. The average Bonchev–Trinajstić information content (AvgIpc) is 2.79. The highest BCUT2D eigenvalue weighted by Crippen LogP contribution is 2.27. The lowest BCUT2D eigenvalue weighted by molar-refractivity contribution is 0.178. The van der Waals surface area contributed by atoms with Gasteiger partial charge in [0.05, 0.1) is 0 Å². The van der Waals surface area contributed by atoms with E-state index in [9.17, 15) is 0 Å². The summed E-state index contributed by atoms with van der Waals surface area (Å²) >= 11 is 0. The van der Waals surface area contributed by atoms with Crippen LogP contribution in [0.3, 0.4) is 0 Å². The molecule has 0 unspecified atom stereocenters. The summed E-state index contributed by atoms with van der Waals surface area (Å²) in [6.07, 6.45) is 4.35. The predicted molar refractivity (Wildman–Crippen MR) is 75.3 cm³/mol. The van der Waals surface area contributed by atoms with Crippen LogP contribution in [0.25, 0.3) is 0 Å². The molecule has 0 saturated heterocycles. The molecule has 1 saturated carbocycles. The summed E-state index contributed by atoms with van der Waals surface area (Å²) in [6, 6.07) is 7.02. The maximum atomic E-state index is 3.42. The van der Waals surface area contributed by atoms with Crippen LogP contribution in [-0.4, -0.2) is 18.0 Å². The van der Waals surface area contributed by atoms with E-state index >= 15 is 0 Å². The molecule has 98 valence electrons. The van der Waals surface area contributed by atoms with Crippen molar-refractivity contribution in [2.24, 2.45) is 5.92 Å². The molecule has 2 heteroatoms. The van der Waals surface area contributed by atoms with E-state index in [1.165, 1.54) is 49.0 Å². The second-order valence-electron chi connectivity index (χ2n) is 5.83. The van der Waals surface area contributed by atoms with Crippen LogP contribution in [0, 0.1) is 5.92 Å². The predicted octanol–water partition coefficient (Wildman–Crippen LogP) is 2.91. The number of nitrogens with one attached hydrogen (secondary N) is 1. The third-order valence-corrected chi connectivity index (χ3v) is 4.50. The molecule has 0 radical (unpaired) electrons. The van der Waals surface area contributed by atoms with Crippen molar-refractivity contribution in [3.05, 3.63) is 34.9 Å². The molecule has 3 rings (SSSR count). The van der Waals surface area contributed by atoms with E-state index in [0.29, 0.717) is 0 Å². The maximum Gasteiger partial charge on any atom is 0.0233 e. The summed E-state index contributed by atoms with van der Waals surface area (Å²) in [5, 5.41) is 3.42. The minimum absolute atomic E-state index is 0.973. The first-order chi connectivity index (χ1) is 8.85. The highest BCUT2D eigenvalue weighted by Gasteiger charge is 2.20. The molecule has 1 fully saturated rings. The van der Waals surface area contributed by atoms with Crippen LogP contribution < -0.4 is 5.32 Å². The van der Waals surface area contributed by atoms with Crippen molar-refractivity contribution in [3.63, 3.8) is 0 Å². The van der Waals surface area contributed by atoms with Crippen LogP contribution >= 0.6 is 0 Å². The van der Waals surface area contributed by atoms with E-state index in [4.69, 9.17) is 0 Å². The Bertz CT molecular complexity index is 410. The topological polar surface area (TPSA) is 15.3 Å². The van der Waals surface area contributed by atoms with Gasteiger partial charge in [0.15, 0.2) is 0 Å². The van der Waals surface area contributed by atoms with Gasteiger partial charge in [-0.2, -0.15) is 0 Å². The minimum Gasteiger partial charge on any atom is -0.309 e. The monoisotopic (exact) mass is 244 g/mol. The molecule has 1 heterocycles. The Balaban J connectivity index is 1.63. The quantitative estimate of drug-likeness (QED) is 0.857. The molecule has 1 aromatic carbocycles. The van der Waals surface area contributed by atoms with Gasteiger partial charge in [0.2, 0.25) is 0 Å². The van der Waals surface area contributed by atoms with Gasteiger partial charge in [0.1, 0.15) is 0 Å². The first-order valence-corrected chi connectivity index (χ1v) is 7.39. The lowest BCUT2D eigenvalue weighted by Crippen LogP contribution is -2.32. The fourth-order valence-electron chi connectivity index (χ4n) is 3.05. The fourth-order valence-corrected chi connectivity index (χ4v) is 3.05. The Morgan fingerprint density at radius 3 is 2.78 bits per heavy atom. The first kappa shape index (κ1) is 12.2. The molecule has 1 aromatic rings. The normalized spacial score (nSPS) is 19.0. The number of fused-ring (bicyclic) bond motifs is 1. The van der Waals surface area contributed by atoms with Crippen molar-refractivity contribution < 1.29 is 0 Å². The molecule has 1 aliphatic heterocycles. The third-order valence-electron chi connectivity index (χ3n) is 4.50. The summed E-state index contributed by atoms with van der Waals surface area (Å²) in [6.45, 7) is 7.98. The van der Waals surface area contributed by atoms with E-state index in [1.54, 1.807) is 0 Å². The first-order valence-electron chi connectivity index (χ1n) is 7.39. The molecule has 0 aromatic heterocycles. The van der Waals surface area contributed by atoms with Gasteiger partial charge in [-0.15, -0.1) is 0 Å². The Morgan fingerprint density at radius 2 is 2.06 bits per heavy atom. The van der Waals surface area contributed by atoms with Crippen LogP contribution in [0.15, 0.2) is 18.2 Å². The van der Waals surface area contributed by atoms with E-state index in [-0.39, 0.29) is 0 Å². The van der Waals surface area contributed by atoms with Crippen molar-refractivity contribution in [1.82, 2.24) is 10.2 Å². The van der Waals surface area contributed by atoms with Crippen molar-refractivity contribution in [2.45, 2.75) is 45.8 Å².